The number of hydrogen-bond donors (Lipinski definition) is 3. The Bertz CT molecular complexity index is 1530. The molecular formula is C30H37ClN6O4S. The van der Waals surface area contributed by atoms with Crippen molar-refractivity contribution in [3.05, 3.63) is 94.0 Å². The molecule has 2 atom stereocenters. The van der Waals surface area contributed by atoms with E-state index >= 15 is 0 Å². The van der Waals surface area contributed by atoms with Gasteiger partial charge in [-0.05, 0) is 68.0 Å². The highest BCUT2D eigenvalue weighted by Crippen LogP contribution is 2.36. The SMILES string of the molecule is CN(C)CCCNC(=O)c1cccc(C(=C2CN(C(C(=O)[C@@H](N)Cc3cnc[nH]3)c3ccc(Cl)cc3)C2)S(C)(=O)=O)c1. The minimum atomic E-state index is -3.66. The van der Waals surface area contributed by atoms with E-state index in [-0.39, 0.29) is 36.1 Å². The minimum Gasteiger partial charge on any atom is -0.352 e. The molecule has 0 bridgehead atoms. The number of amides is 1. The van der Waals surface area contributed by atoms with Gasteiger partial charge >= 0.3 is 0 Å². The van der Waals surface area contributed by atoms with E-state index in [9.17, 15) is 18.0 Å². The number of aromatic nitrogens is 2. The smallest absolute Gasteiger partial charge is 0.251 e. The number of nitrogens with one attached hydrogen (secondary N) is 2. The van der Waals surface area contributed by atoms with Crippen LogP contribution in [0.2, 0.25) is 5.02 Å². The molecule has 10 nitrogen and oxygen atoms in total. The third-order valence-corrected chi connectivity index (χ3v) is 8.63. The van der Waals surface area contributed by atoms with Gasteiger partial charge in [-0.2, -0.15) is 0 Å². The second kappa shape index (κ2) is 13.7. The average molecular weight is 613 g/mol. The lowest BCUT2D eigenvalue weighted by Crippen LogP contribution is -2.50. The molecule has 224 valence electrons. The summed E-state index contributed by atoms with van der Waals surface area (Å²) in [4.78, 5) is 37.5. The van der Waals surface area contributed by atoms with E-state index < -0.39 is 21.9 Å². The third kappa shape index (κ3) is 7.93. The van der Waals surface area contributed by atoms with Crippen molar-refractivity contribution in [2.24, 2.45) is 5.73 Å². The van der Waals surface area contributed by atoms with Crippen molar-refractivity contribution < 1.29 is 18.0 Å². The minimum absolute atomic E-state index is 0.171. The zero-order valence-corrected chi connectivity index (χ0v) is 25.6. The van der Waals surface area contributed by atoms with Gasteiger partial charge < -0.3 is 20.9 Å². The molecule has 1 aromatic heterocycles. The molecule has 1 saturated heterocycles. The number of H-pyrrole nitrogens is 1. The van der Waals surface area contributed by atoms with E-state index in [1.807, 2.05) is 23.9 Å². The molecule has 42 heavy (non-hydrogen) atoms. The van der Waals surface area contributed by atoms with E-state index in [0.29, 0.717) is 28.3 Å². The number of nitrogens with two attached hydrogens (primary N) is 1. The van der Waals surface area contributed by atoms with Crippen molar-refractivity contribution >= 4 is 38.0 Å². The quantitative estimate of drug-likeness (QED) is 0.250. The number of sulfone groups is 1. The molecule has 1 amide bonds. The molecule has 2 heterocycles. The standard InChI is InChI=1S/C30H37ClN6O4S/c1-36(2)13-5-12-34-30(39)22-7-4-6-21(14-22)29(42(3,40)41)23-17-37(18-23)27(20-8-10-24(31)11-9-20)28(38)26(32)15-25-16-33-19-35-25/h4,6-11,14,16,19,26-27H,5,12-13,15,17-18,32H2,1-3H3,(H,33,35)(H,34,39)/t26-,27?/m0/s1. The Morgan fingerprint density at radius 1 is 1.14 bits per heavy atom. The summed E-state index contributed by atoms with van der Waals surface area (Å²) >= 11 is 6.11. The van der Waals surface area contributed by atoms with Crippen molar-refractivity contribution in [3.8, 4) is 0 Å². The third-order valence-electron chi connectivity index (χ3n) is 7.11. The molecule has 0 aliphatic carbocycles. The normalized spacial score (nSPS) is 15.2. The average Bonchev–Trinajstić information content (AvgIpc) is 3.42. The number of hydrogen-bond acceptors (Lipinski definition) is 8. The number of carbonyl (C=O) groups is 2. The Hall–Kier alpha value is -3.35. The number of Topliss-reactive ketones (excluding diaryl/α,β-unsaturated/α-hetero) is 1. The number of carbonyl (C=O) groups excluding carboxylic acids is 2. The first-order valence-corrected chi connectivity index (χ1v) is 15.9. The fourth-order valence-corrected chi connectivity index (χ4v) is 6.42. The molecule has 1 aliphatic rings. The van der Waals surface area contributed by atoms with Gasteiger partial charge in [0, 0.05) is 54.8 Å². The molecule has 0 radical (unpaired) electrons. The fourth-order valence-electron chi connectivity index (χ4n) is 5.09. The Labute approximate surface area is 251 Å². The Balaban J connectivity index is 1.58. The first kappa shape index (κ1) is 31.6. The van der Waals surface area contributed by atoms with Crippen LogP contribution < -0.4 is 11.1 Å². The van der Waals surface area contributed by atoms with Crippen LogP contribution in [-0.2, 0) is 21.1 Å². The highest BCUT2D eigenvalue weighted by molar-refractivity contribution is 8.00. The van der Waals surface area contributed by atoms with Gasteiger partial charge in [-0.15, -0.1) is 0 Å². The maximum absolute atomic E-state index is 13.7. The van der Waals surface area contributed by atoms with Crippen LogP contribution in [0, 0.1) is 0 Å². The van der Waals surface area contributed by atoms with Crippen molar-refractivity contribution in [2.75, 3.05) is 46.5 Å². The van der Waals surface area contributed by atoms with E-state index in [1.54, 1.807) is 54.7 Å². The number of nitrogens with zero attached hydrogens (tertiary/aromatic N) is 3. The van der Waals surface area contributed by atoms with Gasteiger partial charge in [0.25, 0.3) is 5.91 Å². The number of likely N-dealkylation sites (tertiary alicyclic amines) is 1. The zero-order chi connectivity index (χ0) is 30.4. The number of imidazole rings is 1. The first-order valence-electron chi connectivity index (χ1n) is 13.7. The fraction of sp³-hybridized carbons (Fsp3) is 0.367. The molecule has 0 spiro atoms. The van der Waals surface area contributed by atoms with Crippen LogP contribution in [0.25, 0.3) is 4.91 Å². The van der Waals surface area contributed by atoms with Gasteiger partial charge in [0.2, 0.25) is 0 Å². The summed E-state index contributed by atoms with van der Waals surface area (Å²) in [7, 11) is 0.273. The molecule has 0 saturated carbocycles. The number of halogens is 1. The summed E-state index contributed by atoms with van der Waals surface area (Å²) in [5.41, 5.74) is 9.31. The predicted molar refractivity (Wildman–Crippen MR) is 165 cm³/mol. The molecular weight excluding hydrogens is 576 g/mol. The van der Waals surface area contributed by atoms with Crippen LogP contribution in [0.1, 0.15) is 39.6 Å². The lowest BCUT2D eigenvalue weighted by atomic mass is 9.90. The van der Waals surface area contributed by atoms with E-state index in [4.69, 9.17) is 17.3 Å². The summed E-state index contributed by atoms with van der Waals surface area (Å²) in [5, 5.41) is 3.43. The van der Waals surface area contributed by atoms with Crippen molar-refractivity contribution in [1.29, 1.82) is 0 Å². The summed E-state index contributed by atoms with van der Waals surface area (Å²) in [5.74, 6) is -0.455. The van der Waals surface area contributed by atoms with Crippen LogP contribution in [0.15, 0.2) is 66.6 Å². The highest BCUT2D eigenvalue weighted by Gasteiger charge is 2.39. The topological polar surface area (TPSA) is 141 Å². The van der Waals surface area contributed by atoms with Crippen molar-refractivity contribution in [1.82, 2.24) is 25.1 Å². The largest absolute Gasteiger partial charge is 0.352 e. The Morgan fingerprint density at radius 2 is 1.83 bits per heavy atom. The van der Waals surface area contributed by atoms with Gasteiger partial charge in [-0.3, -0.25) is 14.5 Å². The lowest BCUT2D eigenvalue weighted by molar-refractivity contribution is -0.126. The van der Waals surface area contributed by atoms with Crippen LogP contribution in [0.4, 0.5) is 0 Å². The van der Waals surface area contributed by atoms with E-state index in [1.165, 1.54) is 6.33 Å². The molecule has 2 aromatic carbocycles. The lowest BCUT2D eigenvalue weighted by Gasteiger charge is -2.41. The number of benzene rings is 2. The monoisotopic (exact) mass is 612 g/mol. The van der Waals surface area contributed by atoms with Crippen molar-refractivity contribution in [3.63, 3.8) is 0 Å². The molecule has 3 aromatic rings. The molecule has 12 heteroatoms. The number of aromatic amines is 1. The predicted octanol–water partition coefficient (Wildman–Crippen LogP) is 2.70. The first-order chi connectivity index (χ1) is 19.9. The maximum atomic E-state index is 13.7. The zero-order valence-electron chi connectivity index (χ0n) is 24.0. The molecule has 1 aliphatic heterocycles. The second-order valence-corrected chi connectivity index (χ2v) is 13.2. The van der Waals surface area contributed by atoms with Gasteiger partial charge in [0.1, 0.15) is 0 Å². The summed E-state index contributed by atoms with van der Waals surface area (Å²) in [6, 6.07) is 12.2. The molecule has 4 rings (SSSR count). The van der Waals surface area contributed by atoms with Crippen LogP contribution >= 0.6 is 11.6 Å². The summed E-state index contributed by atoms with van der Waals surface area (Å²) in [6.45, 7) is 1.85. The summed E-state index contributed by atoms with van der Waals surface area (Å²) in [6.07, 6.45) is 5.41. The Morgan fingerprint density at radius 3 is 2.45 bits per heavy atom. The van der Waals surface area contributed by atoms with Crippen LogP contribution in [-0.4, -0.2) is 92.4 Å². The van der Waals surface area contributed by atoms with Gasteiger partial charge in [-0.25, -0.2) is 13.4 Å². The second-order valence-electron chi connectivity index (χ2n) is 10.8. The van der Waals surface area contributed by atoms with E-state index in [0.717, 1.165) is 30.5 Å². The molecule has 1 fully saturated rings. The van der Waals surface area contributed by atoms with Gasteiger partial charge in [0.15, 0.2) is 15.6 Å². The summed E-state index contributed by atoms with van der Waals surface area (Å²) < 4.78 is 26.1. The number of rotatable bonds is 13. The maximum Gasteiger partial charge on any atom is 0.251 e. The van der Waals surface area contributed by atoms with Crippen molar-refractivity contribution in [2.45, 2.75) is 24.9 Å². The van der Waals surface area contributed by atoms with E-state index in [2.05, 4.69) is 15.3 Å². The number of ketones is 1. The van der Waals surface area contributed by atoms with Gasteiger partial charge in [-0.1, -0.05) is 35.9 Å². The Kier molecular flexibility index (Phi) is 10.3. The molecule has 4 N–H and O–H groups in total. The van der Waals surface area contributed by atoms with Gasteiger partial charge in [0.05, 0.1) is 23.3 Å². The van der Waals surface area contributed by atoms with Crippen LogP contribution in [0.5, 0.6) is 0 Å². The highest BCUT2D eigenvalue weighted by atomic mass is 35.5. The molecule has 1 unspecified atom stereocenters. The van der Waals surface area contributed by atoms with Crippen LogP contribution in [0.3, 0.4) is 0 Å².